The summed E-state index contributed by atoms with van der Waals surface area (Å²) in [6.45, 7) is 1.92. The van der Waals surface area contributed by atoms with Crippen molar-refractivity contribution < 1.29 is 5.11 Å². The number of aromatic hydroxyl groups is 1. The summed E-state index contributed by atoms with van der Waals surface area (Å²) in [5.41, 5.74) is 3.11. The van der Waals surface area contributed by atoms with Crippen molar-refractivity contribution in [3.05, 3.63) is 70.6 Å². The van der Waals surface area contributed by atoms with Crippen LogP contribution in [0, 0.1) is 6.92 Å². The van der Waals surface area contributed by atoms with Crippen molar-refractivity contribution in [2.75, 3.05) is 0 Å². The number of aromatic nitrogens is 2. The zero-order chi connectivity index (χ0) is 15.0. The van der Waals surface area contributed by atoms with E-state index in [4.69, 9.17) is 0 Å². The Balaban J connectivity index is 2.25. The summed E-state index contributed by atoms with van der Waals surface area (Å²) >= 11 is 0. The molecule has 3 aromatic rings. The predicted octanol–water partition coefficient (Wildman–Crippen LogP) is 2.86. The lowest BCUT2D eigenvalue weighted by molar-refractivity contribution is 0.475. The molecule has 21 heavy (non-hydrogen) atoms. The molecule has 106 valence electrons. The van der Waals surface area contributed by atoms with E-state index in [2.05, 4.69) is 0 Å². The first kappa shape index (κ1) is 13.2. The molecule has 0 fully saturated rings. The molecule has 0 unspecified atom stereocenters. The molecular weight excluding hydrogens is 264 g/mol. The Morgan fingerprint density at radius 2 is 1.57 bits per heavy atom. The number of hydrogen-bond acceptors (Lipinski definition) is 2. The number of hydrogen-bond donors (Lipinski definition) is 1. The molecule has 1 N–H and O–H groups in total. The van der Waals surface area contributed by atoms with Crippen molar-refractivity contribution in [1.82, 2.24) is 9.36 Å². The molecule has 4 heteroatoms. The Labute approximate surface area is 122 Å². The summed E-state index contributed by atoms with van der Waals surface area (Å²) in [5.74, 6) is 0.190. The van der Waals surface area contributed by atoms with Gasteiger partial charge in [0.15, 0.2) is 0 Å². The first-order valence-electron chi connectivity index (χ1n) is 6.73. The van der Waals surface area contributed by atoms with Crippen LogP contribution in [0.5, 0.6) is 5.75 Å². The summed E-state index contributed by atoms with van der Waals surface area (Å²) in [6.07, 6.45) is 0. The highest BCUT2D eigenvalue weighted by molar-refractivity contribution is 5.66. The van der Waals surface area contributed by atoms with Gasteiger partial charge in [0.05, 0.1) is 11.3 Å². The van der Waals surface area contributed by atoms with Crippen LogP contribution in [0.15, 0.2) is 59.4 Å². The standard InChI is InChI=1S/C17H16N2O2/c1-12-16(13-8-10-15(20)11-9-13)17(21)19(18(12)2)14-6-4-3-5-7-14/h3-11,20H,1-2H3. The molecule has 0 atom stereocenters. The van der Waals surface area contributed by atoms with E-state index >= 15 is 0 Å². The van der Waals surface area contributed by atoms with Gasteiger partial charge in [-0.25, -0.2) is 4.68 Å². The number of benzene rings is 2. The molecule has 2 aromatic carbocycles. The Hall–Kier alpha value is -2.75. The smallest absolute Gasteiger partial charge is 0.279 e. The fourth-order valence-corrected chi connectivity index (χ4v) is 2.53. The van der Waals surface area contributed by atoms with Gasteiger partial charge in [-0.05, 0) is 36.8 Å². The van der Waals surface area contributed by atoms with Gasteiger partial charge >= 0.3 is 0 Å². The van der Waals surface area contributed by atoms with Crippen molar-refractivity contribution in [2.24, 2.45) is 7.05 Å². The Morgan fingerprint density at radius 3 is 2.19 bits per heavy atom. The van der Waals surface area contributed by atoms with Crippen LogP contribution >= 0.6 is 0 Å². The third kappa shape index (κ3) is 2.14. The van der Waals surface area contributed by atoms with Crippen LogP contribution in [0.3, 0.4) is 0 Å². The molecule has 0 aliphatic carbocycles. The van der Waals surface area contributed by atoms with E-state index < -0.39 is 0 Å². The van der Waals surface area contributed by atoms with Gasteiger partial charge in [0.25, 0.3) is 5.56 Å². The number of phenolic OH excluding ortho intramolecular Hbond substituents is 1. The van der Waals surface area contributed by atoms with Crippen LogP contribution in [-0.2, 0) is 7.05 Å². The van der Waals surface area contributed by atoms with Crippen LogP contribution < -0.4 is 5.56 Å². The largest absolute Gasteiger partial charge is 0.508 e. The fraction of sp³-hybridized carbons (Fsp3) is 0.118. The topological polar surface area (TPSA) is 47.2 Å². The van der Waals surface area contributed by atoms with E-state index in [0.717, 1.165) is 16.9 Å². The molecule has 0 radical (unpaired) electrons. The van der Waals surface area contributed by atoms with Gasteiger partial charge in [-0.15, -0.1) is 0 Å². The van der Waals surface area contributed by atoms with Crippen LogP contribution in [0.1, 0.15) is 5.69 Å². The predicted molar refractivity (Wildman–Crippen MR) is 82.8 cm³/mol. The minimum Gasteiger partial charge on any atom is -0.508 e. The van der Waals surface area contributed by atoms with E-state index in [1.807, 2.05) is 49.0 Å². The number of phenols is 1. The van der Waals surface area contributed by atoms with E-state index in [1.54, 1.807) is 28.9 Å². The van der Waals surface area contributed by atoms with Crippen molar-refractivity contribution in [3.63, 3.8) is 0 Å². The van der Waals surface area contributed by atoms with Gasteiger partial charge in [-0.2, -0.15) is 0 Å². The van der Waals surface area contributed by atoms with Gasteiger partial charge in [0, 0.05) is 12.7 Å². The molecule has 0 bridgehead atoms. The molecule has 0 aliphatic heterocycles. The molecule has 1 heterocycles. The quantitative estimate of drug-likeness (QED) is 0.784. The first-order chi connectivity index (χ1) is 10.1. The molecule has 4 nitrogen and oxygen atoms in total. The molecule has 0 amide bonds. The molecule has 0 spiro atoms. The van der Waals surface area contributed by atoms with Gasteiger partial charge < -0.3 is 5.11 Å². The lowest BCUT2D eigenvalue weighted by atomic mass is 10.1. The maximum absolute atomic E-state index is 12.8. The molecular formula is C17H16N2O2. The lowest BCUT2D eigenvalue weighted by Gasteiger charge is -2.07. The second-order valence-electron chi connectivity index (χ2n) is 4.98. The molecule has 0 aliphatic rings. The summed E-state index contributed by atoms with van der Waals surface area (Å²) < 4.78 is 3.50. The summed E-state index contributed by atoms with van der Waals surface area (Å²) in [6, 6.07) is 16.2. The van der Waals surface area contributed by atoms with E-state index in [1.165, 1.54) is 0 Å². The highest BCUT2D eigenvalue weighted by Crippen LogP contribution is 2.23. The molecule has 0 saturated carbocycles. The minimum atomic E-state index is -0.0631. The maximum Gasteiger partial charge on any atom is 0.279 e. The Morgan fingerprint density at radius 1 is 0.952 bits per heavy atom. The second-order valence-corrected chi connectivity index (χ2v) is 4.98. The number of nitrogens with zero attached hydrogens (tertiary/aromatic N) is 2. The Kier molecular flexibility index (Phi) is 3.14. The third-order valence-corrected chi connectivity index (χ3v) is 3.71. The molecule has 3 rings (SSSR count). The monoisotopic (exact) mass is 280 g/mol. The van der Waals surface area contributed by atoms with Gasteiger partial charge in [-0.1, -0.05) is 30.3 Å². The first-order valence-corrected chi connectivity index (χ1v) is 6.73. The lowest BCUT2D eigenvalue weighted by Crippen LogP contribution is -2.20. The molecule has 1 aromatic heterocycles. The SMILES string of the molecule is Cc1c(-c2ccc(O)cc2)c(=O)n(-c2ccccc2)n1C. The average Bonchev–Trinajstić information content (AvgIpc) is 2.72. The molecule has 0 saturated heterocycles. The summed E-state index contributed by atoms with van der Waals surface area (Å²) in [4.78, 5) is 12.8. The summed E-state index contributed by atoms with van der Waals surface area (Å²) in [7, 11) is 1.87. The van der Waals surface area contributed by atoms with E-state index in [9.17, 15) is 9.90 Å². The fourth-order valence-electron chi connectivity index (χ4n) is 2.53. The highest BCUT2D eigenvalue weighted by atomic mass is 16.3. The summed E-state index contributed by atoms with van der Waals surface area (Å²) in [5, 5.41) is 9.39. The maximum atomic E-state index is 12.8. The second kappa shape index (κ2) is 4.98. The minimum absolute atomic E-state index is 0.0631. The van der Waals surface area contributed by atoms with Crippen LogP contribution in [0.4, 0.5) is 0 Å². The third-order valence-electron chi connectivity index (χ3n) is 3.71. The van der Waals surface area contributed by atoms with Crippen molar-refractivity contribution >= 4 is 0 Å². The van der Waals surface area contributed by atoms with Crippen LogP contribution in [0.25, 0.3) is 16.8 Å². The van der Waals surface area contributed by atoms with Crippen molar-refractivity contribution in [2.45, 2.75) is 6.92 Å². The van der Waals surface area contributed by atoms with Gasteiger partial charge in [0.1, 0.15) is 5.75 Å². The van der Waals surface area contributed by atoms with E-state index in [0.29, 0.717) is 5.56 Å². The van der Waals surface area contributed by atoms with Crippen molar-refractivity contribution in [3.8, 4) is 22.6 Å². The van der Waals surface area contributed by atoms with Gasteiger partial charge in [-0.3, -0.25) is 9.48 Å². The average molecular weight is 280 g/mol. The normalized spacial score (nSPS) is 10.8. The Bertz CT molecular complexity index is 828. The zero-order valence-corrected chi connectivity index (χ0v) is 11.9. The number of rotatable bonds is 2. The van der Waals surface area contributed by atoms with Crippen LogP contribution in [0.2, 0.25) is 0 Å². The highest BCUT2D eigenvalue weighted by Gasteiger charge is 2.17. The zero-order valence-electron chi connectivity index (χ0n) is 11.9. The van der Waals surface area contributed by atoms with Crippen molar-refractivity contribution in [1.29, 1.82) is 0 Å². The van der Waals surface area contributed by atoms with Gasteiger partial charge in [0.2, 0.25) is 0 Å². The number of para-hydroxylation sites is 1. The van der Waals surface area contributed by atoms with E-state index in [-0.39, 0.29) is 11.3 Å². The van der Waals surface area contributed by atoms with Crippen LogP contribution in [-0.4, -0.2) is 14.5 Å².